The molecular formula is C12H17BO3. The molecule has 1 aliphatic carbocycles. The third-order valence-electron chi connectivity index (χ3n) is 3.10. The molecule has 0 atom stereocenters. The topological polar surface area (TPSA) is 49.7 Å². The van der Waals surface area contributed by atoms with Gasteiger partial charge in [0.1, 0.15) is 5.75 Å². The van der Waals surface area contributed by atoms with Crippen LogP contribution in [-0.2, 0) is 12.8 Å². The van der Waals surface area contributed by atoms with E-state index in [1.807, 2.05) is 19.1 Å². The van der Waals surface area contributed by atoms with Crippen molar-refractivity contribution >= 4 is 12.6 Å². The number of ether oxygens (including phenoxy) is 1. The number of benzene rings is 1. The number of aryl methyl sites for hydroxylation is 1. The zero-order chi connectivity index (χ0) is 11.5. The first kappa shape index (κ1) is 11.5. The second kappa shape index (κ2) is 4.89. The van der Waals surface area contributed by atoms with Gasteiger partial charge in [-0.3, -0.25) is 0 Å². The van der Waals surface area contributed by atoms with Gasteiger partial charge < -0.3 is 14.8 Å². The molecule has 0 radical (unpaired) electrons. The molecule has 86 valence electrons. The Morgan fingerprint density at radius 2 is 2.00 bits per heavy atom. The van der Waals surface area contributed by atoms with E-state index >= 15 is 0 Å². The average Bonchev–Trinajstić information content (AvgIpc) is 2.28. The van der Waals surface area contributed by atoms with Gasteiger partial charge in [-0.05, 0) is 49.8 Å². The molecule has 0 heterocycles. The fourth-order valence-electron chi connectivity index (χ4n) is 2.40. The Bertz CT molecular complexity index is 377. The van der Waals surface area contributed by atoms with Crippen LogP contribution in [0.1, 0.15) is 30.9 Å². The maximum absolute atomic E-state index is 9.46. The van der Waals surface area contributed by atoms with Gasteiger partial charge in [0.25, 0.3) is 0 Å². The van der Waals surface area contributed by atoms with Crippen LogP contribution in [0.15, 0.2) is 12.1 Å². The van der Waals surface area contributed by atoms with Crippen molar-refractivity contribution in [2.45, 2.75) is 32.6 Å². The minimum absolute atomic E-state index is 0.540. The van der Waals surface area contributed by atoms with Crippen molar-refractivity contribution in [3.05, 3.63) is 23.3 Å². The summed E-state index contributed by atoms with van der Waals surface area (Å²) in [6.07, 6.45) is 4.24. The maximum Gasteiger partial charge on any atom is 0.492 e. The molecule has 2 rings (SSSR count). The van der Waals surface area contributed by atoms with Gasteiger partial charge in [0.05, 0.1) is 6.61 Å². The quantitative estimate of drug-likeness (QED) is 0.735. The van der Waals surface area contributed by atoms with Gasteiger partial charge >= 0.3 is 7.12 Å². The highest BCUT2D eigenvalue weighted by Gasteiger charge is 2.25. The van der Waals surface area contributed by atoms with Crippen LogP contribution >= 0.6 is 0 Å². The normalized spacial score (nSPS) is 14.4. The summed E-state index contributed by atoms with van der Waals surface area (Å²) in [4.78, 5) is 0. The molecule has 0 unspecified atom stereocenters. The van der Waals surface area contributed by atoms with Crippen LogP contribution in [0.25, 0.3) is 0 Å². The van der Waals surface area contributed by atoms with Crippen molar-refractivity contribution in [3.63, 3.8) is 0 Å². The minimum atomic E-state index is -1.44. The highest BCUT2D eigenvalue weighted by molar-refractivity contribution is 6.60. The smallest absolute Gasteiger partial charge is 0.492 e. The van der Waals surface area contributed by atoms with Gasteiger partial charge in [0.2, 0.25) is 0 Å². The van der Waals surface area contributed by atoms with E-state index in [2.05, 4.69) is 0 Å². The molecule has 16 heavy (non-hydrogen) atoms. The van der Waals surface area contributed by atoms with Gasteiger partial charge in [-0.25, -0.2) is 0 Å². The van der Waals surface area contributed by atoms with E-state index in [1.54, 1.807) is 0 Å². The van der Waals surface area contributed by atoms with E-state index in [0.29, 0.717) is 17.8 Å². The second-order valence-electron chi connectivity index (χ2n) is 4.13. The standard InChI is InChI=1S/C12H17BO3/c1-2-16-11-8-7-9-5-3-4-6-10(9)12(11)13(14)15/h7-8,14-15H,2-6H2,1H3. The molecule has 0 spiro atoms. The first-order chi connectivity index (χ1) is 7.74. The van der Waals surface area contributed by atoms with Crippen molar-refractivity contribution in [2.24, 2.45) is 0 Å². The van der Waals surface area contributed by atoms with Crippen molar-refractivity contribution < 1.29 is 14.8 Å². The molecule has 0 fully saturated rings. The van der Waals surface area contributed by atoms with Crippen molar-refractivity contribution in [1.29, 1.82) is 0 Å². The summed E-state index contributed by atoms with van der Waals surface area (Å²) in [5.74, 6) is 0.609. The summed E-state index contributed by atoms with van der Waals surface area (Å²) < 4.78 is 5.44. The lowest BCUT2D eigenvalue weighted by Gasteiger charge is -2.21. The van der Waals surface area contributed by atoms with Gasteiger partial charge in [0, 0.05) is 5.46 Å². The van der Waals surface area contributed by atoms with Crippen molar-refractivity contribution in [2.75, 3.05) is 6.61 Å². The van der Waals surface area contributed by atoms with Crippen LogP contribution in [0.3, 0.4) is 0 Å². The number of rotatable bonds is 3. The average molecular weight is 220 g/mol. The lowest BCUT2D eigenvalue weighted by Crippen LogP contribution is -2.36. The fraction of sp³-hybridized carbons (Fsp3) is 0.500. The molecular weight excluding hydrogens is 203 g/mol. The highest BCUT2D eigenvalue weighted by Crippen LogP contribution is 2.23. The van der Waals surface area contributed by atoms with E-state index in [4.69, 9.17) is 4.74 Å². The Morgan fingerprint density at radius 1 is 1.25 bits per heavy atom. The SMILES string of the molecule is CCOc1ccc2c(c1B(O)O)CCCC2. The lowest BCUT2D eigenvalue weighted by atomic mass is 9.72. The van der Waals surface area contributed by atoms with Crippen LogP contribution < -0.4 is 10.2 Å². The van der Waals surface area contributed by atoms with E-state index in [0.717, 1.165) is 24.8 Å². The molecule has 1 aromatic carbocycles. The lowest BCUT2D eigenvalue weighted by molar-refractivity contribution is 0.339. The maximum atomic E-state index is 9.46. The van der Waals surface area contributed by atoms with Gasteiger partial charge in [-0.2, -0.15) is 0 Å². The molecule has 0 aliphatic heterocycles. The fourth-order valence-corrected chi connectivity index (χ4v) is 2.40. The first-order valence-electron chi connectivity index (χ1n) is 5.87. The van der Waals surface area contributed by atoms with Crippen LogP contribution in [0.2, 0.25) is 0 Å². The predicted octanol–water partition coefficient (Wildman–Crippen LogP) is 0.644. The van der Waals surface area contributed by atoms with Gasteiger partial charge in [0.15, 0.2) is 0 Å². The summed E-state index contributed by atoms with van der Waals surface area (Å²) in [5, 5.41) is 18.9. The van der Waals surface area contributed by atoms with Crippen molar-refractivity contribution in [3.8, 4) is 5.75 Å². The molecule has 4 heteroatoms. The van der Waals surface area contributed by atoms with E-state index in [1.165, 1.54) is 12.0 Å². The zero-order valence-corrected chi connectivity index (χ0v) is 9.57. The van der Waals surface area contributed by atoms with Crippen LogP contribution in [-0.4, -0.2) is 23.8 Å². The second-order valence-corrected chi connectivity index (χ2v) is 4.13. The van der Waals surface area contributed by atoms with Crippen LogP contribution in [0.4, 0.5) is 0 Å². The Labute approximate surface area is 96.2 Å². The Hall–Kier alpha value is -0.995. The van der Waals surface area contributed by atoms with E-state index in [-0.39, 0.29) is 0 Å². The number of hydrogen-bond donors (Lipinski definition) is 2. The monoisotopic (exact) mass is 220 g/mol. The molecule has 0 saturated heterocycles. The molecule has 2 N–H and O–H groups in total. The zero-order valence-electron chi connectivity index (χ0n) is 9.57. The third kappa shape index (κ3) is 2.08. The summed E-state index contributed by atoms with van der Waals surface area (Å²) in [6.45, 7) is 2.44. The third-order valence-corrected chi connectivity index (χ3v) is 3.10. The Kier molecular flexibility index (Phi) is 3.51. The summed E-state index contributed by atoms with van der Waals surface area (Å²) in [6, 6.07) is 3.90. The summed E-state index contributed by atoms with van der Waals surface area (Å²) >= 11 is 0. The van der Waals surface area contributed by atoms with Crippen LogP contribution in [0, 0.1) is 0 Å². The van der Waals surface area contributed by atoms with Gasteiger partial charge in [-0.1, -0.05) is 6.07 Å². The molecule has 0 saturated carbocycles. The van der Waals surface area contributed by atoms with Crippen LogP contribution in [0.5, 0.6) is 5.75 Å². The molecule has 0 amide bonds. The molecule has 0 bridgehead atoms. The molecule has 3 nitrogen and oxygen atoms in total. The molecule has 1 aromatic rings. The molecule has 1 aliphatic rings. The number of hydrogen-bond acceptors (Lipinski definition) is 3. The molecule has 0 aromatic heterocycles. The Morgan fingerprint density at radius 3 is 2.69 bits per heavy atom. The minimum Gasteiger partial charge on any atom is -0.494 e. The number of fused-ring (bicyclic) bond motifs is 1. The highest BCUT2D eigenvalue weighted by atomic mass is 16.5. The predicted molar refractivity (Wildman–Crippen MR) is 64.1 cm³/mol. The largest absolute Gasteiger partial charge is 0.494 e. The summed E-state index contributed by atoms with van der Waals surface area (Å²) in [7, 11) is -1.44. The van der Waals surface area contributed by atoms with E-state index < -0.39 is 7.12 Å². The Balaban J connectivity index is 2.48. The van der Waals surface area contributed by atoms with Gasteiger partial charge in [-0.15, -0.1) is 0 Å². The van der Waals surface area contributed by atoms with Crippen molar-refractivity contribution in [1.82, 2.24) is 0 Å². The summed E-state index contributed by atoms with van der Waals surface area (Å²) in [5.41, 5.74) is 2.88. The van der Waals surface area contributed by atoms with E-state index in [9.17, 15) is 10.0 Å². The first-order valence-corrected chi connectivity index (χ1v) is 5.87.